The first-order valence-electron chi connectivity index (χ1n) is 9.28. The van der Waals surface area contributed by atoms with Gasteiger partial charge in [0.2, 0.25) is 0 Å². The molecule has 3 heterocycles. The highest BCUT2D eigenvalue weighted by molar-refractivity contribution is 7.13. The molecule has 0 radical (unpaired) electrons. The number of para-hydroxylation sites is 1. The van der Waals surface area contributed by atoms with Crippen molar-refractivity contribution in [2.45, 2.75) is 18.9 Å². The summed E-state index contributed by atoms with van der Waals surface area (Å²) in [5.74, 6) is 0.0511. The van der Waals surface area contributed by atoms with E-state index < -0.39 is 0 Å². The summed E-state index contributed by atoms with van der Waals surface area (Å²) >= 11 is 1.61. The van der Waals surface area contributed by atoms with Crippen molar-refractivity contribution in [2.24, 2.45) is 0 Å². The van der Waals surface area contributed by atoms with Crippen molar-refractivity contribution in [2.75, 3.05) is 27.2 Å². The van der Waals surface area contributed by atoms with Crippen molar-refractivity contribution in [1.29, 1.82) is 0 Å². The Morgan fingerprint density at radius 2 is 1.86 bits per heavy atom. The molecule has 0 N–H and O–H groups in total. The van der Waals surface area contributed by atoms with Crippen LogP contribution in [0.25, 0.3) is 16.3 Å². The van der Waals surface area contributed by atoms with Crippen molar-refractivity contribution in [3.8, 4) is 16.3 Å². The van der Waals surface area contributed by atoms with E-state index in [0.29, 0.717) is 5.56 Å². The van der Waals surface area contributed by atoms with Gasteiger partial charge in [0.15, 0.2) is 0 Å². The maximum Gasteiger partial charge on any atom is 0.257 e. The van der Waals surface area contributed by atoms with E-state index in [-0.39, 0.29) is 24.4 Å². The minimum atomic E-state index is 0. The van der Waals surface area contributed by atoms with Gasteiger partial charge in [0, 0.05) is 19.3 Å². The molecule has 1 fully saturated rings. The quantitative estimate of drug-likeness (QED) is 0.640. The molecule has 3 aromatic rings. The summed E-state index contributed by atoms with van der Waals surface area (Å²) in [6, 6.07) is 14.2. The Labute approximate surface area is 176 Å². The van der Waals surface area contributed by atoms with Gasteiger partial charge in [-0.25, -0.2) is 4.68 Å². The number of aromatic nitrogens is 2. The van der Waals surface area contributed by atoms with E-state index in [0.717, 1.165) is 42.2 Å². The van der Waals surface area contributed by atoms with Crippen molar-refractivity contribution < 1.29 is 4.79 Å². The molecule has 28 heavy (non-hydrogen) atoms. The van der Waals surface area contributed by atoms with Gasteiger partial charge in [-0.1, -0.05) is 24.3 Å². The number of halogens is 1. The zero-order valence-corrected chi connectivity index (χ0v) is 17.7. The van der Waals surface area contributed by atoms with Crippen LogP contribution < -0.4 is 0 Å². The Balaban J connectivity index is 0.00000225. The highest BCUT2D eigenvalue weighted by Crippen LogP contribution is 2.29. The fourth-order valence-corrected chi connectivity index (χ4v) is 4.30. The Bertz CT molecular complexity index is 902. The lowest BCUT2D eigenvalue weighted by atomic mass is 10.0. The van der Waals surface area contributed by atoms with Crippen LogP contribution in [0.3, 0.4) is 0 Å². The third kappa shape index (κ3) is 4.14. The van der Waals surface area contributed by atoms with Crippen LogP contribution in [0.4, 0.5) is 0 Å². The van der Waals surface area contributed by atoms with Gasteiger partial charge < -0.3 is 9.80 Å². The maximum atomic E-state index is 13.3. The topological polar surface area (TPSA) is 41.4 Å². The first kappa shape index (κ1) is 20.6. The predicted molar refractivity (Wildman–Crippen MR) is 117 cm³/mol. The number of hydrogen-bond donors (Lipinski definition) is 0. The molecule has 0 unspecified atom stereocenters. The molecule has 1 aromatic carbocycles. The molecular weight excluding hydrogens is 392 g/mol. The molecule has 1 aliphatic rings. The number of nitrogens with zero attached hydrogens (tertiary/aromatic N) is 4. The van der Waals surface area contributed by atoms with E-state index in [2.05, 4.69) is 11.9 Å². The Kier molecular flexibility index (Phi) is 6.54. The van der Waals surface area contributed by atoms with Crippen molar-refractivity contribution >= 4 is 29.7 Å². The number of carbonyl (C=O) groups is 1. The van der Waals surface area contributed by atoms with Gasteiger partial charge in [-0.3, -0.25) is 4.79 Å². The third-order valence-electron chi connectivity index (χ3n) is 5.28. The molecular formula is C21H25ClN4OS. The smallest absolute Gasteiger partial charge is 0.257 e. The summed E-state index contributed by atoms with van der Waals surface area (Å²) < 4.78 is 1.81. The lowest BCUT2D eigenvalue weighted by Gasteiger charge is -2.35. The lowest BCUT2D eigenvalue weighted by Crippen LogP contribution is -2.44. The van der Waals surface area contributed by atoms with E-state index in [1.807, 2.05) is 70.7 Å². The van der Waals surface area contributed by atoms with Crippen LogP contribution in [0.1, 0.15) is 23.2 Å². The van der Waals surface area contributed by atoms with Crippen LogP contribution in [0.2, 0.25) is 0 Å². The van der Waals surface area contributed by atoms with Crippen LogP contribution in [0.15, 0.2) is 54.0 Å². The van der Waals surface area contributed by atoms with Gasteiger partial charge in [0.05, 0.1) is 16.1 Å². The van der Waals surface area contributed by atoms with Gasteiger partial charge in [-0.15, -0.1) is 23.7 Å². The summed E-state index contributed by atoms with van der Waals surface area (Å²) in [7, 11) is 4.06. The molecule has 2 aromatic heterocycles. The molecule has 1 saturated heterocycles. The largest absolute Gasteiger partial charge is 0.339 e. The molecule has 0 bridgehead atoms. The summed E-state index contributed by atoms with van der Waals surface area (Å²) in [5, 5.41) is 6.77. The van der Waals surface area contributed by atoms with Gasteiger partial charge in [-0.2, -0.15) is 5.10 Å². The van der Waals surface area contributed by atoms with E-state index in [1.54, 1.807) is 11.3 Å². The summed E-state index contributed by atoms with van der Waals surface area (Å²) in [6.07, 6.45) is 3.90. The van der Waals surface area contributed by atoms with E-state index >= 15 is 0 Å². The Morgan fingerprint density at radius 1 is 1.14 bits per heavy atom. The number of thiophene rings is 1. The van der Waals surface area contributed by atoms with Gasteiger partial charge in [0.1, 0.15) is 5.69 Å². The molecule has 7 heteroatoms. The average molecular weight is 417 g/mol. The molecule has 0 atom stereocenters. The molecule has 1 amide bonds. The second-order valence-electron chi connectivity index (χ2n) is 7.10. The minimum Gasteiger partial charge on any atom is -0.339 e. The molecule has 0 aliphatic carbocycles. The summed E-state index contributed by atoms with van der Waals surface area (Å²) in [6.45, 7) is 2.06. The maximum absolute atomic E-state index is 13.3. The van der Waals surface area contributed by atoms with Crippen LogP contribution in [-0.4, -0.2) is 58.7 Å². The van der Waals surface area contributed by atoms with E-state index in [1.165, 1.54) is 0 Å². The first-order valence-corrected chi connectivity index (χ1v) is 10.2. The lowest BCUT2D eigenvalue weighted by molar-refractivity contribution is 0.0660. The minimum absolute atomic E-state index is 0. The number of carbonyl (C=O) groups excluding carboxylic acids is 1. The first-order chi connectivity index (χ1) is 13.1. The second-order valence-corrected chi connectivity index (χ2v) is 8.05. The Morgan fingerprint density at radius 3 is 2.50 bits per heavy atom. The number of amides is 1. The van der Waals surface area contributed by atoms with Crippen molar-refractivity contribution in [3.63, 3.8) is 0 Å². The summed E-state index contributed by atoms with van der Waals surface area (Å²) in [4.78, 5) is 18.6. The zero-order valence-electron chi connectivity index (χ0n) is 16.1. The standard InChI is InChI=1S/C21H24N4OS.ClH/c1-23-12-10-16(11-13-23)24(2)21(26)18-15-25(17-7-4-3-5-8-17)22-20(18)19-9-6-14-27-19;/h3-9,14-16H,10-13H2,1-2H3;1H. The van der Waals surface area contributed by atoms with Crippen LogP contribution in [0.5, 0.6) is 0 Å². The predicted octanol–water partition coefficient (Wildman–Crippen LogP) is 4.19. The number of rotatable bonds is 4. The summed E-state index contributed by atoms with van der Waals surface area (Å²) in [5.41, 5.74) is 2.39. The fraction of sp³-hybridized carbons (Fsp3) is 0.333. The van der Waals surface area contributed by atoms with E-state index in [9.17, 15) is 4.79 Å². The number of likely N-dealkylation sites (tertiary alicyclic amines) is 1. The van der Waals surface area contributed by atoms with E-state index in [4.69, 9.17) is 5.10 Å². The third-order valence-corrected chi connectivity index (χ3v) is 6.15. The molecule has 0 saturated carbocycles. The highest BCUT2D eigenvalue weighted by Gasteiger charge is 2.28. The highest BCUT2D eigenvalue weighted by atomic mass is 35.5. The van der Waals surface area contributed by atoms with Gasteiger partial charge in [0.25, 0.3) is 5.91 Å². The fourth-order valence-electron chi connectivity index (χ4n) is 3.58. The average Bonchev–Trinajstić information content (AvgIpc) is 3.38. The van der Waals surface area contributed by atoms with Crippen molar-refractivity contribution in [1.82, 2.24) is 19.6 Å². The molecule has 0 spiro atoms. The van der Waals surface area contributed by atoms with Crippen LogP contribution in [0, 0.1) is 0 Å². The van der Waals surface area contributed by atoms with Gasteiger partial charge in [-0.05, 0) is 56.6 Å². The molecule has 148 valence electrons. The molecule has 1 aliphatic heterocycles. The van der Waals surface area contributed by atoms with Crippen molar-refractivity contribution in [3.05, 3.63) is 59.6 Å². The second kappa shape index (κ2) is 8.90. The molecule has 4 rings (SSSR count). The number of piperidine rings is 1. The van der Waals surface area contributed by atoms with Gasteiger partial charge >= 0.3 is 0 Å². The SMILES string of the molecule is CN1CCC(N(C)C(=O)c2cn(-c3ccccc3)nc2-c2cccs2)CC1.Cl. The van der Waals surface area contributed by atoms with Crippen LogP contribution >= 0.6 is 23.7 Å². The number of hydrogen-bond acceptors (Lipinski definition) is 4. The monoisotopic (exact) mass is 416 g/mol. The number of benzene rings is 1. The zero-order chi connectivity index (χ0) is 18.8. The van der Waals surface area contributed by atoms with Crippen LogP contribution in [-0.2, 0) is 0 Å². The normalized spacial score (nSPS) is 15.2. The Hall–Kier alpha value is -2.15. The molecule has 5 nitrogen and oxygen atoms in total.